The van der Waals surface area contributed by atoms with Crippen molar-refractivity contribution in [2.75, 3.05) is 38.0 Å². The quantitative estimate of drug-likeness (QED) is 0.764. The number of nitrogens with one attached hydrogen (secondary N) is 2. The van der Waals surface area contributed by atoms with E-state index in [1.54, 1.807) is 0 Å². The van der Waals surface area contributed by atoms with Crippen molar-refractivity contribution in [2.45, 2.75) is 6.42 Å². The lowest BCUT2D eigenvalue weighted by Crippen LogP contribution is -2.35. The molecule has 21 heavy (non-hydrogen) atoms. The lowest BCUT2D eigenvalue weighted by Gasteiger charge is -2.19. The third kappa shape index (κ3) is 4.51. The number of amides is 1. The van der Waals surface area contributed by atoms with Crippen LogP contribution in [0.2, 0.25) is 0 Å². The lowest BCUT2D eigenvalue weighted by atomic mass is 10.1. The van der Waals surface area contributed by atoms with E-state index < -0.39 is 11.8 Å². The molecule has 0 radical (unpaired) electrons. The Morgan fingerprint density at radius 1 is 1.33 bits per heavy atom. The number of carboxylic acids is 1. The van der Waals surface area contributed by atoms with Gasteiger partial charge in [-0.3, -0.25) is 9.69 Å². The van der Waals surface area contributed by atoms with E-state index in [-0.39, 0.29) is 23.7 Å². The highest BCUT2D eigenvalue weighted by Gasteiger charge is 2.16. The van der Waals surface area contributed by atoms with Gasteiger partial charge in [-0.1, -0.05) is 0 Å². The van der Waals surface area contributed by atoms with Crippen LogP contribution in [0.15, 0.2) is 18.2 Å². The summed E-state index contributed by atoms with van der Waals surface area (Å²) in [5, 5.41) is 14.8. The van der Waals surface area contributed by atoms with Gasteiger partial charge in [-0.2, -0.15) is 0 Å². The van der Waals surface area contributed by atoms with E-state index in [1.165, 1.54) is 6.07 Å². The van der Waals surface area contributed by atoms with Gasteiger partial charge in [0.15, 0.2) is 0 Å². The molecule has 2 rings (SSSR count). The number of hydrogen-bond acceptors (Lipinski definition) is 4. The highest BCUT2D eigenvalue weighted by Crippen LogP contribution is 2.17. The van der Waals surface area contributed by atoms with E-state index in [0.717, 1.165) is 44.7 Å². The van der Waals surface area contributed by atoms with Crippen molar-refractivity contribution in [2.24, 2.45) is 0 Å². The number of benzene rings is 1. The monoisotopic (exact) mass is 295 g/mol. The van der Waals surface area contributed by atoms with Crippen molar-refractivity contribution in [3.63, 3.8) is 0 Å². The summed E-state index contributed by atoms with van der Waals surface area (Å²) in [5.41, 5.74) is -0.136. The van der Waals surface area contributed by atoms with Crippen LogP contribution < -0.4 is 10.6 Å². The van der Waals surface area contributed by atoms with E-state index >= 15 is 0 Å². The molecule has 0 unspecified atom stereocenters. The molecule has 1 heterocycles. The predicted octanol–water partition coefficient (Wildman–Crippen LogP) is 0.758. The Morgan fingerprint density at radius 3 is 2.90 bits per heavy atom. The molecule has 1 fully saturated rings. The van der Waals surface area contributed by atoms with Gasteiger partial charge >= 0.3 is 5.97 Å². The SMILES string of the molecule is O=C(CN1CCCNCC1)Nc1ccc(F)cc1C(=O)O. The minimum atomic E-state index is -1.27. The predicted molar refractivity (Wildman–Crippen MR) is 75.9 cm³/mol. The van der Waals surface area contributed by atoms with E-state index in [4.69, 9.17) is 5.11 Å². The Morgan fingerprint density at radius 2 is 2.14 bits per heavy atom. The summed E-state index contributed by atoms with van der Waals surface area (Å²) in [7, 11) is 0. The molecule has 0 spiro atoms. The van der Waals surface area contributed by atoms with Crippen molar-refractivity contribution < 1.29 is 19.1 Å². The number of carboxylic acid groups (broad SMARTS) is 1. The van der Waals surface area contributed by atoms with Gasteiger partial charge in [0.05, 0.1) is 17.8 Å². The second-order valence-corrected chi connectivity index (χ2v) is 4.92. The number of nitrogens with zero attached hydrogens (tertiary/aromatic N) is 1. The molecule has 1 saturated heterocycles. The minimum absolute atomic E-state index is 0.113. The van der Waals surface area contributed by atoms with Gasteiger partial charge in [-0.25, -0.2) is 9.18 Å². The summed E-state index contributed by atoms with van der Waals surface area (Å²) in [6.07, 6.45) is 0.963. The van der Waals surface area contributed by atoms with Crippen molar-refractivity contribution in [1.82, 2.24) is 10.2 Å². The molecule has 0 aromatic heterocycles. The van der Waals surface area contributed by atoms with Crippen LogP contribution in [0.1, 0.15) is 16.8 Å². The van der Waals surface area contributed by atoms with Crippen LogP contribution in [0.25, 0.3) is 0 Å². The molecular weight excluding hydrogens is 277 g/mol. The number of rotatable bonds is 4. The van der Waals surface area contributed by atoms with Gasteiger partial charge in [0, 0.05) is 13.1 Å². The zero-order valence-electron chi connectivity index (χ0n) is 11.6. The van der Waals surface area contributed by atoms with Crippen LogP contribution >= 0.6 is 0 Å². The third-order valence-electron chi connectivity index (χ3n) is 3.29. The zero-order chi connectivity index (χ0) is 15.2. The fourth-order valence-electron chi connectivity index (χ4n) is 2.25. The first kappa shape index (κ1) is 15.4. The van der Waals surface area contributed by atoms with Crippen LogP contribution in [0.3, 0.4) is 0 Å². The number of carbonyl (C=O) groups excluding carboxylic acids is 1. The second kappa shape index (κ2) is 7.14. The smallest absolute Gasteiger partial charge is 0.337 e. The van der Waals surface area contributed by atoms with Crippen molar-refractivity contribution in [1.29, 1.82) is 0 Å². The Hall–Kier alpha value is -1.99. The summed E-state index contributed by atoms with van der Waals surface area (Å²) in [6.45, 7) is 3.53. The first-order chi connectivity index (χ1) is 10.1. The Labute approximate surface area is 121 Å². The Bertz CT molecular complexity index is 528. The van der Waals surface area contributed by atoms with Crippen molar-refractivity contribution in [3.8, 4) is 0 Å². The summed E-state index contributed by atoms with van der Waals surface area (Å²) in [6, 6.07) is 3.28. The van der Waals surface area contributed by atoms with E-state index in [0.29, 0.717) is 0 Å². The minimum Gasteiger partial charge on any atom is -0.478 e. The number of hydrogen-bond donors (Lipinski definition) is 3. The van der Waals surface area contributed by atoms with Crippen molar-refractivity contribution in [3.05, 3.63) is 29.6 Å². The molecule has 1 aromatic rings. The first-order valence-corrected chi connectivity index (χ1v) is 6.82. The number of carbonyl (C=O) groups is 2. The standard InChI is InChI=1S/C14H18FN3O3/c15-10-2-3-12(11(8-10)14(20)21)17-13(19)9-18-6-1-4-16-5-7-18/h2-3,8,16H,1,4-7,9H2,(H,17,19)(H,20,21). The molecule has 1 aliphatic heterocycles. The molecule has 1 aromatic carbocycles. The summed E-state index contributed by atoms with van der Waals surface area (Å²) in [4.78, 5) is 25.0. The fraction of sp³-hybridized carbons (Fsp3) is 0.429. The molecule has 3 N–H and O–H groups in total. The first-order valence-electron chi connectivity index (χ1n) is 6.82. The number of anilines is 1. The summed E-state index contributed by atoms with van der Waals surface area (Å²) in [5.74, 6) is -2.22. The summed E-state index contributed by atoms with van der Waals surface area (Å²) < 4.78 is 13.1. The number of aromatic carboxylic acids is 1. The molecule has 0 saturated carbocycles. The average Bonchev–Trinajstić information content (AvgIpc) is 2.69. The topological polar surface area (TPSA) is 81.7 Å². The third-order valence-corrected chi connectivity index (χ3v) is 3.29. The molecule has 0 atom stereocenters. The summed E-state index contributed by atoms with van der Waals surface area (Å²) >= 11 is 0. The molecule has 6 nitrogen and oxygen atoms in total. The maximum Gasteiger partial charge on any atom is 0.337 e. The molecule has 114 valence electrons. The van der Waals surface area contributed by atoms with Crippen LogP contribution in [-0.2, 0) is 4.79 Å². The average molecular weight is 295 g/mol. The van der Waals surface area contributed by atoms with Gasteiger partial charge in [0.1, 0.15) is 5.82 Å². The largest absolute Gasteiger partial charge is 0.478 e. The maximum absolute atomic E-state index is 13.1. The molecule has 1 aliphatic rings. The highest BCUT2D eigenvalue weighted by molar-refractivity contribution is 6.01. The van der Waals surface area contributed by atoms with Gasteiger partial charge in [0.2, 0.25) is 5.91 Å². The second-order valence-electron chi connectivity index (χ2n) is 4.92. The molecular formula is C14H18FN3O3. The molecule has 0 bridgehead atoms. The van der Waals surface area contributed by atoms with E-state index in [9.17, 15) is 14.0 Å². The highest BCUT2D eigenvalue weighted by atomic mass is 19.1. The maximum atomic E-state index is 13.1. The van der Waals surface area contributed by atoms with Gasteiger partial charge in [-0.15, -0.1) is 0 Å². The zero-order valence-corrected chi connectivity index (χ0v) is 11.6. The van der Waals surface area contributed by atoms with Gasteiger partial charge < -0.3 is 15.7 Å². The lowest BCUT2D eigenvalue weighted by molar-refractivity contribution is -0.117. The van der Waals surface area contributed by atoms with Crippen LogP contribution in [0, 0.1) is 5.82 Å². The normalized spacial score (nSPS) is 16.2. The molecule has 7 heteroatoms. The van der Waals surface area contributed by atoms with Crippen molar-refractivity contribution >= 4 is 17.6 Å². The van der Waals surface area contributed by atoms with Gasteiger partial charge in [-0.05, 0) is 37.7 Å². The number of halogens is 1. The molecule has 0 aliphatic carbocycles. The van der Waals surface area contributed by atoms with Crippen LogP contribution in [-0.4, -0.2) is 54.6 Å². The molecule has 1 amide bonds. The van der Waals surface area contributed by atoms with Crippen LogP contribution in [0.4, 0.5) is 10.1 Å². The Balaban J connectivity index is 2.00. The Kier molecular flexibility index (Phi) is 5.24. The van der Waals surface area contributed by atoms with E-state index in [2.05, 4.69) is 10.6 Å². The fourth-order valence-corrected chi connectivity index (χ4v) is 2.25. The van der Waals surface area contributed by atoms with Gasteiger partial charge in [0.25, 0.3) is 0 Å². The van der Waals surface area contributed by atoms with Crippen LogP contribution in [0.5, 0.6) is 0 Å². The van der Waals surface area contributed by atoms with E-state index in [1.807, 2.05) is 4.90 Å².